The fourth-order valence-electron chi connectivity index (χ4n) is 1.08. The standard InChI is InChI=1S/C9H7O/c1-7-3-2-4-8-5-10-6-9(7)8/h2-4,6H,1H3. The molecule has 1 nitrogen and oxygen atoms in total. The highest BCUT2D eigenvalue weighted by Crippen LogP contribution is 2.17. The molecule has 0 aliphatic heterocycles. The summed E-state index contributed by atoms with van der Waals surface area (Å²) in [6, 6.07) is 6.06. The Morgan fingerprint density at radius 2 is 2.30 bits per heavy atom. The number of fused-ring (bicyclic) bond motifs is 1. The van der Waals surface area contributed by atoms with Crippen molar-refractivity contribution in [2.45, 2.75) is 6.92 Å². The molecule has 0 N–H and O–H groups in total. The lowest BCUT2D eigenvalue weighted by Crippen LogP contribution is -1.69. The Balaban J connectivity index is 2.95. The number of hydrogen-bond donors (Lipinski definition) is 0. The summed E-state index contributed by atoms with van der Waals surface area (Å²) in [5.41, 5.74) is 1.24. The fourth-order valence-corrected chi connectivity index (χ4v) is 1.08. The molecule has 1 heteroatoms. The van der Waals surface area contributed by atoms with Crippen molar-refractivity contribution in [3.05, 3.63) is 36.3 Å². The molecular weight excluding hydrogens is 124 g/mol. The summed E-state index contributed by atoms with van der Waals surface area (Å²) in [6.07, 6.45) is 4.51. The summed E-state index contributed by atoms with van der Waals surface area (Å²) in [7, 11) is 0. The van der Waals surface area contributed by atoms with Crippen molar-refractivity contribution in [2.75, 3.05) is 0 Å². The second-order valence-corrected chi connectivity index (χ2v) is 2.37. The molecule has 1 heterocycles. The van der Waals surface area contributed by atoms with Gasteiger partial charge < -0.3 is 4.42 Å². The summed E-state index contributed by atoms with van der Waals surface area (Å²) in [6.45, 7) is 2.06. The van der Waals surface area contributed by atoms with E-state index < -0.39 is 0 Å². The highest BCUT2D eigenvalue weighted by atomic mass is 16.3. The molecule has 2 aromatic rings. The third kappa shape index (κ3) is 0.637. The van der Waals surface area contributed by atoms with Crippen molar-refractivity contribution >= 4 is 10.8 Å². The Bertz CT molecular complexity index is 346. The highest BCUT2D eigenvalue weighted by molar-refractivity contribution is 5.83. The molecule has 0 aliphatic rings. The van der Waals surface area contributed by atoms with Gasteiger partial charge in [-0.2, -0.15) is 0 Å². The normalized spacial score (nSPS) is 10.5. The number of aryl methyl sites for hydroxylation is 1. The molecule has 1 aromatic heterocycles. The lowest BCUT2D eigenvalue weighted by Gasteiger charge is -1.89. The summed E-state index contributed by atoms with van der Waals surface area (Å²) in [5.74, 6) is 0. The topological polar surface area (TPSA) is 13.1 Å². The zero-order valence-electron chi connectivity index (χ0n) is 5.72. The van der Waals surface area contributed by atoms with Crippen molar-refractivity contribution in [3.63, 3.8) is 0 Å². The van der Waals surface area contributed by atoms with Gasteiger partial charge in [0.1, 0.15) is 0 Å². The van der Waals surface area contributed by atoms with Gasteiger partial charge in [-0.05, 0) is 12.5 Å². The zero-order chi connectivity index (χ0) is 6.97. The molecule has 0 unspecified atom stereocenters. The third-order valence-electron chi connectivity index (χ3n) is 1.67. The van der Waals surface area contributed by atoms with Crippen LogP contribution >= 0.6 is 0 Å². The summed E-state index contributed by atoms with van der Waals surface area (Å²) in [4.78, 5) is 0. The second kappa shape index (κ2) is 1.87. The minimum absolute atomic E-state index is 1.06. The summed E-state index contributed by atoms with van der Waals surface area (Å²) in [5, 5.41) is 2.21. The first kappa shape index (κ1) is 5.54. The van der Waals surface area contributed by atoms with E-state index >= 15 is 0 Å². The molecule has 0 saturated heterocycles. The Labute approximate surface area is 59.3 Å². The first-order valence-corrected chi connectivity index (χ1v) is 3.22. The molecule has 0 fully saturated rings. The zero-order valence-corrected chi connectivity index (χ0v) is 5.72. The predicted molar refractivity (Wildman–Crippen MR) is 39.8 cm³/mol. The molecule has 1 radical (unpaired) electrons. The van der Waals surface area contributed by atoms with E-state index in [1.54, 1.807) is 6.26 Å². The van der Waals surface area contributed by atoms with Crippen LogP contribution in [0.15, 0.2) is 28.9 Å². The molecule has 0 saturated carbocycles. The van der Waals surface area contributed by atoms with E-state index in [0.717, 1.165) is 10.8 Å². The Morgan fingerprint density at radius 3 is 3.10 bits per heavy atom. The van der Waals surface area contributed by atoms with Gasteiger partial charge in [-0.25, -0.2) is 0 Å². The smallest absolute Gasteiger partial charge is 0.177 e. The van der Waals surface area contributed by atoms with Crippen molar-refractivity contribution in [2.24, 2.45) is 0 Å². The number of rotatable bonds is 0. The van der Waals surface area contributed by atoms with Crippen LogP contribution in [0.5, 0.6) is 0 Å². The molecule has 2 rings (SSSR count). The van der Waals surface area contributed by atoms with Crippen LogP contribution in [0.1, 0.15) is 5.56 Å². The van der Waals surface area contributed by atoms with Crippen LogP contribution in [0.2, 0.25) is 0 Å². The molecule has 0 amide bonds. The molecule has 1 aromatic carbocycles. The molecule has 10 heavy (non-hydrogen) atoms. The van der Waals surface area contributed by atoms with E-state index in [1.165, 1.54) is 5.56 Å². The van der Waals surface area contributed by atoms with E-state index in [2.05, 4.69) is 19.3 Å². The average molecular weight is 131 g/mol. The van der Waals surface area contributed by atoms with Crippen LogP contribution in [0.4, 0.5) is 0 Å². The Hall–Kier alpha value is -1.24. The minimum Gasteiger partial charge on any atom is -0.460 e. The van der Waals surface area contributed by atoms with Crippen LogP contribution < -0.4 is 0 Å². The first-order chi connectivity index (χ1) is 4.88. The fraction of sp³-hybridized carbons (Fsp3) is 0.111. The van der Waals surface area contributed by atoms with Crippen molar-refractivity contribution < 1.29 is 4.42 Å². The van der Waals surface area contributed by atoms with E-state index in [4.69, 9.17) is 4.42 Å². The lowest BCUT2D eigenvalue weighted by atomic mass is 10.1. The number of furan rings is 1. The van der Waals surface area contributed by atoms with Crippen molar-refractivity contribution in [3.8, 4) is 0 Å². The van der Waals surface area contributed by atoms with E-state index in [9.17, 15) is 0 Å². The van der Waals surface area contributed by atoms with Crippen LogP contribution in [0.25, 0.3) is 10.8 Å². The average Bonchev–Trinajstić information content (AvgIpc) is 2.36. The molecule has 0 aliphatic carbocycles. The van der Waals surface area contributed by atoms with Gasteiger partial charge in [-0.3, -0.25) is 0 Å². The minimum atomic E-state index is 1.06. The maximum Gasteiger partial charge on any atom is 0.177 e. The predicted octanol–water partition coefficient (Wildman–Crippen LogP) is 2.54. The van der Waals surface area contributed by atoms with Crippen LogP contribution in [-0.2, 0) is 0 Å². The number of benzene rings is 1. The largest absolute Gasteiger partial charge is 0.460 e. The van der Waals surface area contributed by atoms with Gasteiger partial charge in [-0.1, -0.05) is 18.2 Å². The summed E-state index contributed by atoms with van der Waals surface area (Å²) < 4.78 is 4.92. The van der Waals surface area contributed by atoms with Gasteiger partial charge in [0, 0.05) is 10.8 Å². The summed E-state index contributed by atoms with van der Waals surface area (Å²) >= 11 is 0. The van der Waals surface area contributed by atoms with Gasteiger partial charge in [0.2, 0.25) is 0 Å². The van der Waals surface area contributed by atoms with Gasteiger partial charge >= 0.3 is 0 Å². The van der Waals surface area contributed by atoms with E-state index in [1.807, 2.05) is 12.1 Å². The van der Waals surface area contributed by atoms with E-state index in [0.29, 0.717) is 0 Å². The van der Waals surface area contributed by atoms with Crippen molar-refractivity contribution in [1.82, 2.24) is 0 Å². The van der Waals surface area contributed by atoms with Gasteiger partial charge in [-0.15, -0.1) is 0 Å². The monoisotopic (exact) mass is 131 g/mol. The highest BCUT2D eigenvalue weighted by Gasteiger charge is 1.96. The Morgan fingerprint density at radius 1 is 1.40 bits per heavy atom. The van der Waals surface area contributed by atoms with Gasteiger partial charge in [0.15, 0.2) is 6.26 Å². The van der Waals surface area contributed by atoms with Crippen LogP contribution in [0, 0.1) is 13.2 Å². The second-order valence-electron chi connectivity index (χ2n) is 2.37. The number of hydrogen-bond acceptors (Lipinski definition) is 1. The molecule has 0 atom stereocenters. The molecule has 0 spiro atoms. The van der Waals surface area contributed by atoms with Crippen LogP contribution in [-0.4, -0.2) is 0 Å². The quantitative estimate of drug-likeness (QED) is 0.535. The lowest BCUT2D eigenvalue weighted by molar-refractivity contribution is 0.563. The van der Waals surface area contributed by atoms with Gasteiger partial charge in [0.25, 0.3) is 0 Å². The molecule has 0 bridgehead atoms. The van der Waals surface area contributed by atoms with Crippen molar-refractivity contribution in [1.29, 1.82) is 0 Å². The molecular formula is C9H7O. The van der Waals surface area contributed by atoms with Gasteiger partial charge in [0.05, 0.1) is 6.26 Å². The first-order valence-electron chi connectivity index (χ1n) is 3.22. The maximum atomic E-state index is 4.92. The van der Waals surface area contributed by atoms with E-state index in [-0.39, 0.29) is 0 Å². The maximum absolute atomic E-state index is 4.92. The Kier molecular flexibility index (Phi) is 1.04. The SMILES string of the molecule is Cc1cccc2[c]occ12. The van der Waals surface area contributed by atoms with Crippen LogP contribution in [0.3, 0.4) is 0 Å². The molecule has 49 valence electrons. The third-order valence-corrected chi connectivity index (χ3v) is 1.67.